The summed E-state index contributed by atoms with van der Waals surface area (Å²) in [5, 5.41) is 0.489. The third kappa shape index (κ3) is 3.00. The topological polar surface area (TPSA) is 66.4 Å². The molecule has 1 atom stereocenters. The molecule has 1 aliphatic heterocycles. The fourth-order valence-corrected chi connectivity index (χ4v) is 4.59. The minimum atomic E-state index is -3.78. The molecule has 0 saturated heterocycles. The molecular formula is C19H19ClN4O2S. The van der Waals surface area contributed by atoms with E-state index in [9.17, 15) is 8.42 Å². The van der Waals surface area contributed by atoms with Crippen LogP contribution in [0.2, 0.25) is 5.02 Å². The molecule has 0 spiro atoms. The lowest BCUT2D eigenvalue weighted by atomic mass is 10.2. The highest BCUT2D eigenvalue weighted by atomic mass is 35.5. The normalized spacial score (nSPS) is 15.2. The van der Waals surface area contributed by atoms with Crippen molar-refractivity contribution in [2.75, 3.05) is 15.9 Å². The van der Waals surface area contributed by atoms with Crippen LogP contribution >= 0.6 is 11.6 Å². The van der Waals surface area contributed by atoms with E-state index >= 15 is 0 Å². The Balaban J connectivity index is 1.88. The summed E-state index contributed by atoms with van der Waals surface area (Å²) in [4.78, 5) is 11.5. The average Bonchev–Trinajstić information content (AvgIpc) is 3.05. The van der Waals surface area contributed by atoms with E-state index in [-0.39, 0.29) is 17.6 Å². The lowest BCUT2D eigenvalue weighted by Crippen LogP contribution is -2.39. The second kappa shape index (κ2) is 6.65. The van der Waals surface area contributed by atoms with Crippen molar-refractivity contribution in [2.24, 2.45) is 0 Å². The number of fused-ring (bicyclic) bond motifs is 2. The minimum absolute atomic E-state index is 0.129. The largest absolute Gasteiger partial charge is 0.332 e. The summed E-state index contributed by atoms with van der Waals surface area (Å²) >= 11 is 5.91. The molecule has 0 bridgehead atoms. The van der Waals surface area contributed by atoms with Gasteiger partial charge in [-0.2, -0.15) is 0 Å². The first-order valence-electron chi connectivity index (χ1n) is 8.73. The predicted molar refractivity (Wildman–Crippen MR) is 108 cm³/mol. The van der Waals surface area contributed by atoms with Gasteiger partial charge in [0.2, 0.25) is 0 Å². The molecule has 1 aromatic heterocycles. The van der Waals surface area contributed by atoms with Crippen LogP contribution in [-0.2, 0) is 10.0 Å². The number of benzene rings is 2. The van der Waals surface area contributed by atoms with Crippen molar-refractivity contribution in [2.45, 2.75) is 31.2 Å². The van der Waals surface area contributed by atoms with Crippen molar-refractivity contribution in [1.82, 2.24) is 9.97 Å². The zero-order valence-corrected chi connectivity index (χ0v) is 16.6. The van der Waals surface area contributed by atoms with Crippen LogP contribution in [0.25, 0.3) is 11.0 Å². The van der Waals surface area contributed by atoms with Gasteiger partial charge in [-0.05, 0) is 49.7 Å². The van der Waals surface area contributed by atoms with Crippen molar-refractivity contribution in [3.05, 3.63) is 53.6 Å². The Morgan fingerprint density at radius 1 is 1.04 bits per heavy atom. The van der Waals surface area contributed by atoms with Gasteiger partial charge in [-0.3, -0.25) is 0 Å². The number of aromatic nitrogens is 2. The van der Waals surface area contributed by atoms with Gasteiger partial charge in [-0.25, -0.2) is 22.7 Å². The third-order valence-corrected chi connectivity index (χ3v) is 6.84. The van der Waals surface area contributed by atoms with Gasteiger partial charge in [-0.1, -0.05) is 30.7 Å². The lowest BCUT2D eigenvalue weighted by Gasteiger charge is -2.25. The second-order valence-corrected chi connectivity index (χ2v) is 8.83. The van der Waals surface area contributed by atoms with Gasteiger partial charge in [0, 0.05) is 11.1 Å². The summed E-state index contributed by atoms with van der Waals surface area (Å²) in [5.41, 5.74) is 1.41. The van der Waals surface area contributed by atoms with Gasteiger partial charge in [0.1, 0.15) is 6.67 Å². The molecule has 1 aliphatic rings. The van der Waals surface area contributed by atoms with Crippen LogP contribution in [0.1, 0.15) is 20.3 Å². The Hall–Kier alpha value is -2.38. The lowest BCUT2D eigenvalue weighted by molar-refractivity contribution is 0.584. The van der Waals surface area contributed by atoms with Crippen LogP contribution in [0.15, 0.2) is 53.4 Å². The number of halogens is 1. The van der Waals surface area contributed by atoms with Crippen LogP contribution < -0.4 is 9.21 Å². The summed E-state index contributed by atoms with van der Waals surface area (Å²) < 4.78 is 27.9. The summed E-state index contributed by atoms with van der Waals surface area (Å²) in [6.07, 6.45) is 0.864. The number of nitrogens with zero attached hydrogens (tertiary/aromatic N) is 4. The van der Waals surface area contributed by atoms with E-state index in [0.29, 0.717) is 22.2 Å². The number of para-hydroxylation sites is 2. The average molecular weight is 403 g/mol. The number of sulfonamides is 1. The summed E-state index contributed by atoms with van der Waals surface area (Å²) in [5.74, 6) is 0.963. The molecule has 0 radical (unpaired) electrons. The van der Waals surface area contributed by atoms with Crippen molar-refractivity contribution in [3.63, 3.8) is 0 Å². The summed E-state index contributed by atoms with van der Waals surface area (Å²) in [6.45, 7) is 4.31. The molecule has 8 heteroatoms. The second-order valence-electron chi connectivity index (χ2n) is 6.54. The molecule has 140 valence electrons. The number of anilines is 2. The molecule has 6 nitrogen and oxygen atoms in total. The SMILES string of the molecule is CC[C@@H](C)N1CN(S(=O)(=O)c2ccc(Cl)cc2)c2nc3ccccc3nc21. The molecule has 0 amide bonds. The molecule has 0 saturated carbocycles. The molecule has 2 heterocycles. The van der Waals surface area contributed by atoms with Gasteiger partial charge >= 0.3 is 0 Å². The smallest absolute Gasteiger partial charge is 0.267 e. The first-order chi connectivity index (χ1) is 12.9. The van der Waals surface area contributed by atoms with Crippen LogP contribution in [0, 0.1) is 0 Å². The Bertz CT molecular complexity index is 1100. The maximum Gasteiger partial charge on any atom is 0.267 e. The monoisotopic (exact) mass is 402 g/mol. The van der Waals surface area contributed by atoms with Crippen LogP contribution in [-0.4, -0.2) is 31.1 Å². The fraction of sp³-hybridized carbons (Fsp3) is 0.263. The number of rotatable bonds is 4. The summed E-state index contributed by atoms with van der Waals surface area (Å²) in [6, 6.07) is 13.8. The van der Waals surface area contributed by atoms with E-state index in [4.69, 9.17) is 16.6 Å². The molecule has 27 heavy (non-hydrogen) atoms. The van der Waals surface area contributed by atoms with Gasteiger partial charge in [0.25, 0.3) is 10.0 Å². The van der Waals surface area contributed by atoms with E-state index < -0.39 is 10.0 Å². The highest BCUT2D eigenvalue weighted by molar-refractivity contribution is 7.92. The quantitative estimate of drug-likeness (QED) is 0.658. The first-order valence-corrected chi connectivity index (χ1v) is 10.6. The molecule has 4 rings (SSSR count). The van der Waals surface area contributed by atoms with Gasteiger partial charge in [0.05, 0.1) is 15.9 Å². The molecule has 0 aliphatic carbocycles. The van der Waals surface area contributed by atoms with Gasteiger partial charge in [-0.15, -0.1) is 0 Å². The van der Waals surface area contributed by atoms with Crippen molar-refractivity contribution >= 4 is 44.3 Å². The molecular weight excluding hydrogens is 384 g/mol. The van der Waals surface area contributed by atoms with Crippen LogP contribution in [0.3, 0.4) is 0 Å². The third-order valence-electron chi connectivity index (χ3n) is 4.85. The van der Waals surface area contributed by atoms with Crippen LogP contribution in [0.5, 0.6) is 0 Å². The van der Waals surface area contributed by atoms with Crippen molar-refractivity contribution < 1.29 is 8.42 Å². The highest BCUT2D eigenvalue weighted by Crippen LogP contribution is 2.39. The Labute approximate surface area is 163 Å². The van der Waals surface area contributed by atoms with E-state index in [1.54, 1.807) is 12.1 Å². The van der Waals surface area contributed by atoms with E-state index in [1.165, 1.54) is 16.4 Å². The zero-order valence-electron chi connectivity index (χ0n) is 15.0. The molecule has 0 fully saturated rings. The number of hydrogen-bond acceptors (Lipinski definition) is 5. The number of hydrogen-bond donors (Lipinski definition) is 0. The molecule has 3 aromatic rings. The van der Waals surface area contributed by atoms with E-state index in [2.05, 4.69) is 18.8 Å². The zero-order chi connectivity index (χ0) is 19.2. The van der Waals surface area contributed by atoms with E-state index in [1.807, 2.05) is 29.2 Å². The van der Waals surface area contributed by atoms with Gasteiger partial charge < -0.3 is 4.90 Å². The Morgan fingerprint density at radius 3 is 2.22 bits per heavy atom. The first kappa shape index (κ1) is 18.0. The minimum Gasteiger partial charge on any atom is -0.332 e. The standard InChI is InChI=1S/C19H19ClN4O2S/c1-3-13(2)23-12-24(27(25,26)15-10-8-14(20)9-11-15)19-18(23)21-16-6-4-5-7-17(16)22-19/h4-11,13H,3,12H2,1-2H3/t13-/m1/s1. The highest BCUT2D eigenvalue weighted by Gasteiger charge is 2.39. The fourth-order valence-electron chi connectivity index (χ4n) is 3.11. The Morgan fingerprint density at radius 2 is 1.63 bits per heavy atom. The van der Waals surface area contributed by atoms with Gasteiger partial charge in [0.15, 0.2) is 11.6 Å². The van der Waals surface area contributed by atoms with Crippen LogP contribution in [0.4, 0.5) is 11.6 Å². The molecule has 0 unspecified atom stereocenters. The summed E-state index contributed by atoms with van der Waals surface area (Å²) in [7, 11) is -3.78. The Kier molecular flexibility index (Phi) is 4.44. The van der Waals surface area contributed by atoms with Crippen molar-refractivity contribution in [3.8, 4) is 0 Å². The van der Waals surface area contributed by atoms with Crippen molar-refractivity contribution in [1.29, 1.82) is 0 Å². The maximum atomic E-state index is 13.3. The maximum absolute atomic E-state index is 13.3. The van der Waals surface area contributed by atoms with E-state index in [0.717, 1.165) is 11.9 Å². The predicted octanol–water partition coefficient (Wildman–Crippen LogP) is 4.05. The molecule has 0 N–H and O–H groups in total. The molecule has 2 aromatic carbocycles.